The number of ether oxygens (including phenoxy) is 3. The summed E-state index contributed by atoms with van der Waals surface area (Å²) in [6, 6.07) is 7.82. The van der Waals surface area contributed by atoms with E-state index in [1.165, 1.54) is 0 Å². The number of esters is 1. The number of benzene rings is 1. The molecule has 2 rings (SSSR count). The summed E-state index contributed by atoms with van der Waals surface area (Å²) in [5, 5.41) is 1.05. The van der Waals surface area contributed by atoms with Crippen LogP contribution in [0.2, 0.25) is 0 Å². The molecule has 5 heteroatoms. The van der Waals surface area contributed by atoms with E-state index < -0.39 is 0 Å². The summed E-state index contributed by atoms with van der Waals surface area (Å²) < 4.78 is 17.9. The standard InChI is InChI=1S/C18H25NO4/c1-3-5-10-21-11-12-23-18(20)14-19-9-8-15-13-16(22-4-2)6-7-17(15)19/h6-9,13H,3-5,10-12,14H2,1-2H3. The maximum Gasteiger partial charge on any atom is 0.326 e. The van der Waals surface area contributed by atoms with Gasteiger partial charge in [0.25, 0.3) is 0 Å². The summed E-state index contributed by atoms with van der Waals surface area (Å²) in [7, 11) is 0. The third-order valence-electron chi connectivity index (χ3n) is 3.49. The van der Waals surface area contributed by atoms with E-state index in [0.29, 0.717) is 19.8 Å². The van der Waals surface area contributed by atoms with Crippen molar-refractivity contribution in [1.29, 1.82) is 0 Å². The van der Waals surface area contributed by atoms with E-state index in [2.05, 4.69) is 6.92 Å². The van der Waals surface area contributed by atoms with Crippen LogP contribution in [0.4, 0.5) is 0 Å². The Kier molecular flexibility index (Phi) is 6.94. The van der Waals surface area contributed by atoms with Gasteiger partial charge >= 0.3 is 5.97 Å². The molecular weight excluding hydrogens is 294 g/mol. The Hall–Kier alpha value is -2.01. The predicted molar refractivity (Wildman–Crippen MR) is 89.8 cm³/mol. The first kappa shape index (κ1) is 17.3. The first-order chi connectivity index (χ1) is 11.2. The molecule has 0 saturated heterocycles. The van der Waals surface area contributed by atoms with Gasteiger partial charge in [-0.25, -0.2) is 0 Å². The van der Waals surface area contributed by atoms with Crippen molar-refractivity contribution in [2.24, 2.45) is 0 Å². The van der Waals surface area contributed by atoms with Crippen molar-refractivity contribution in [2.45, 2.75) is 33.2 Å². The number of carbonyl (C=O) groups excluding carboxylic acids is 1. The molecular formula is C18H25NO4. The number of carbonyl (C=O) groups is 1. The van der Waals surface area contributed by atoms with Crippen LogP contribution >= 0.6 is 0 Å². The molecule has 0 amide bonds. The van der Waals surface area contributed by atoms with Crippen LogP contribution in [-0.2, 0) is 20.8 Å². The van der Waals surface area contributed by atoms with Crippen molar-refractivity contribution in [3.63, 3.8) is 0 Å². The summed E-state index contributed by atoms with van der Waals surface area (Å²) in [6.07, 6.45) is 4.03. The summed E-state index contributed by atoms with van der Waals surface area (Å²) in [5.74, 6) is 0.583. The van der Waals surface area contributed by atoms with Gasteiger partial charge in [0.1, 0.15) is 18.9 Å². The summed E-state index contributed by atoms with van der Waals surface area (Å²) in [6.45, 7) is 6.38. The fraction of sp³-hybridized carbons (Fsp3) is 0.500. The van der Waals surface area contributed by atoms with Crippen LogP contribution < -0.4 is 4.74 Å². The second kappa shape index (κ2) is 9.20. The van der Waals surface area contributed by atoms with Crippen LogP contribution in [-0.4, -0.2) is 37.0 Å². The van der Waals surface area contributed by atoms with E-state index in [-0.39, 0.29) is 12.5 Å². The topological polar surface area (TPSA) is 49.7 Å². The van der Waals surface area contributed by atoms with E-state index >= 15 is 0 Å². The number of aromatic nitrogens is 1. The minimum Gasteiger partial charge on any atom is -0.494 e. The maximum absolute atomic E-state index is 11.9. The van der Waals surface area contributed by atoms with Crippen molar-refractivity contribution in [1.82, 2.24) is 4.57 Å². The van der Waals surface area contributed by atoms with Gasteiger partial charge in [-0.05, 0) is 37.6 Å². The van der Waals surface area contributed by atoms with E-state index in [4.69, 9.17) is 14.2 Å². The lowest BCUT2D eigenvalue weighted by molar-refractivity contribution is -0.145. The molecule has 0 radical (unpaired) electrons. The number of nitrogens with zero attached hydrogens (tertiary/aromatic N) is 1. The number of hydrogen-bond donors (Lipinski definition) is 0. The second-order valence-electron chi connectivity index (χ2n) is 5.28. The fourth-order valence-electron chi connectivity index (χ4n) is 2.32. The summed E-state index contributed by atoms with van der Waals surface area (Å²) in [5.41, 5.74) is 0.990. The number of hydrogen-bond acceptors (Lipinski definition) is 4. The zero-order valence-electron chi connectivity index (χ0n) is 13.9. The van der Waals surface area contributed by atoms with Crippen molar-refractivity contribution in [3.8, 4) is 5.75 Å². The van der Waals surface area contributed by atoms with Crippen molar-refractivity contribution >= 4 is 16.9 Å². The molecule has 1 heterocycles. The van der Waals surface area contributed by atoms with Crippen LogP contribution in [0, 0.1) is 0 Å². The Labute approximate surface area is 137 Å². The molecule has 126 valence electrons. The molecule has 0 atom stereocenters. The van der Waals surface area contributed by atoms with Crippen molar-refractivity contribution in [2.75, 3.05) is 26.4 Å². The van der Waals surface area contributed by atoms with E-state index in [1.807, 2.05) is 42.0 Å². The molecule has 0 bridgehead atoms. The van der Waals surface area contributed by atoms with Gasteiger partial charge in [0, 0.05) is 23.7 Å². The van der Waals surface area contributed by atoms with Gasteiger partial charge in [-0.2, -0.15) is 0 Å². The highest BCUT2D eigenvalue weighted by atomic mass is 16.6. The summed E-state index contributed by atoms with van der Waals surface area (Å²) in [4.78, 5) is 11.9. The third-order valence-corrected chi connectivity index (χ3v) is 3.49. The Morgan fingerprint density at radius 3 is 2.78 bits per heavy atom. The largest absolute Gasteiger partial charge is 0.494 e. The summed E-state index contributed by atoms with van der Waals surface area (Å²) >= 11 is 0. The third kappa shape index (κ3) is 5.28. The van der Waals surface area contributed by atoms with E-state index in [1.54, 1.807) is 0 Å². The molecule has 2 aromatic rings. The lowest BCUT2D eigenvalue weighted by Crippen LogP contribution is -2.16. The smallest absolute Gasteiger partial charge is 0.326 e. The maximum atomic E-state index is 11.9. The van der Waals surface area contributed by atoms with Crippen LogP contribution in [0.15, 0.2) is 30.5 Å². The average Bonchev–Trinajstić information content (AvgIpc) is 2.93. The molecule has 0 spiro atoms. The predicted octanol–water partition coefficient (Wildman–Crippen LogP) is 3.40. The van der Waals surface area contributed by atoms with Crippen LogP contribution in [0.5, 0.6) is 5.75 Å². The quantitative estimate of drug-likeness (QED) is 0.497. The molecule has 0 aliphatic carbocycles. The van der Waals surface area contributed by atoms with Gasteiger partial charge in [-0.1, -0.05) is 13.3 Å². The number of fused-ring (bicyclic) bond motifs is 1. The molecule has 0 fully saturated rings. The van der Waals surface area contributed by atoms with Crippen LogP contribution in [0.25, 0.3) is 10.9 Å². The highest BCUT2D eigenvalue weighted by Crippen LogP contribution is 2.22. The van der Waals surface area contributed by atoms with Crippen LogP contribution in [0.3, 0.4) is 0 Å². The van der Waals surface area contributed by atoms with E-state index in [0.717, 1.165) is 36.1 Å². The molecule has 0 aliphatic rings. The highest BCUT2D eigenvalue weighted by Gasteiger charge is 2.08. The SMILES string of the molecule is CCCCOCCOC(=O)Cn1ccc2cc(OCC)ccc21. The van der Waals surface area contributed by atoms with Gasteiger partial charge in [-0.15, -0.1) is 0 Å². The monoisotopic (exact) mass is 319 g/mol. The first-order valence-electron chi connectivity index (χ1n) is 8.19. The van der Waals surface area contributed by atoms with E-state index in [9.17, 15) is 4.79 Å². The molecule has 0 N–H and O–H groups in total. The Bertz CT molecular complexity index is 621. The van der Waals surface area contributed by atoms with Crippen molar-refractivity contribution in [3.05, 3.63) is 30.5 Å². The lowest BCUT2D eigenvalue weighted by Gasteiger charge is -2.08. The zero-order chi connectivity index (χ0) is 16.5. The molecule has 0 aliphatic heterocycles. The average molecular weight is 319 g/mol. The van der Waals surface area contributed by atoms with Crippen LogP contribution in [0.1, 0.15) is 26.7 Å². The Balaban J connectivity index is 1.83. The molecule has 1 aromatic carbocycles. The lowest BCUT2D eigenvalue weighted by atomic mass is 10.2. The Morgan fingerprint density at radius 1 is 1.13 bits per heavy atom. The highest BCUT2D eigenvalue weighted by molar-refractivity contribution is 5.83. The molecule has 0 unspecified atom stereocenters. The molecule has 0 saturated carbocycles. The fourth-order valence-corrected chi connectivity index (χ4v) is 2.32. The normalized spacial score (nSPS) is 10.9. The minimum atomic E-state index is -0.254. The second-order valence-corrected chi connectivity index (χ2v) is 5.28. The number of rotatable bonds is 10. The van der Waals surface area contributed by atoms with Gasteiger partial charge in [0.2, 0.25) is 0 Å². The van der Waals surface area contributed by atoms with Crippen molar-refractivity contribution < 1.29 is 19.0 Å². The van der Waals surface area contributed by atoms with Gasteiger partial charge < -0.3 is 18.8 Å². The minimum absolute atomic E-state index is 0.201. The zero-order valence-corrected chi connectivity index (χ0v) is 13.9. The van der Waals surface area contributed by atoms with Gasteiger partial charge in [-0.3, -0.25) is 4.79 Å². The van der Waals surface area contributed by atoms with Gasteiger partial charge in [0.05, 0.1) is 13.2 Å². The molecule has 1 aromatic heterocycles. The first-order valence-corrected chi connectivity index (χ1v) is 8.19. The Morgan fingerprint density at radius 2 is 2.00 bits per heavy atom. The number of unbranched alkanes of at least 4 members (excludes halogenated alkanes) is 1. The molecule has 23 heavy (non-hydrogen) atoms. The van der Waals surface area contributed by atoms with Gasteiger partial charge in [0.15, 0.2) is 0 Å². The molecule has 5 nitrogen and oxygen atoms in total.